The number of sulfone groups is 1. The van der Waals surface area contributed by atoms with Crippen LogP contribution in [-0.4, -0.2) is 8.42 Å². The van der Waals surface area contributed by atoms with Gasteiger partial charge < -0.3 is 5.32 Å². The summed E-state index contributed by atoms with van der Waals surface area (Å²) in [6, 6.07) is 6.88. The van der Waals surface area contributed by atoms with Crippen molar-refractivity contribution in [1.29, 1.82) is 0 Å². The summed E-state index contributed by atoms with van der Waals surface area (Å²) in [4.78, 5) is 0.602. The quantitative estimate of drug-likeness (QED) is 0.817. The maximum Gasteiger partial charge on any atom is 0.210 e. The third-order valence-electron chi connectivity index (χ3n) is 2.54. The first-order valence-corrected chi connectivity index (χ1v) is 6.67. The number of rotatable bonds is 2. The van der Waals surface area contributed by atoms with Gasteiger partial charge in [0.15, 0.2) is 0 Å². The third-order valence-corrected chi connectivity index (χ3v) is 4.50. The van der Waals surface area contributed by atoms with E-state index in [0.29, 0.717) is 16.3 Å². The molecule has 0 spiro atoms. The van der Waals surface area contributed by atoms with Crippen LogP contribution in [0.2, 0.25) is 0 Å². The van der Waals surface area contributed by atoms with Crippen molar-refractivity contribution in [2.75, 3.05) is 5.32 Å². The van der Waals surface area contributed by atoms with E-state index in [1.54, 1.807) is 49.4 Å². The maximum absolute atomic E-state index is 12.3. The molecule has 0 aliphatic carbocycles. The highest BCUT2D eigenvalue weighted by molar-refractivity contribution is 7.95. The van der Waals surface area contributed by atoms with E-state index in [1.807, 2.05) is 0 Å². The van der Waals surface area contributed by atoms with Crippen molar-refractivity contribution in [3.63, 3.8) is 0 Å². The first-order chi connectivity index (χ1) is 8.07. The molecule has 0 saturated carbocycles. The number of benzene rings is 1. The predicted molar refractivity (Wildman–Crippen MR) is 69.3 cm³/mol. The van der Waals surface area contributed by atoms with Crippen LogP contribution in [-0.2, 0) is 9.84 Å². The van der Waals surface area contributed by atoms with E-state index in [1.165, 1.54) is 0 Å². The van der Waals surface area contributed by atoms with E-state index in [9.17, 15) is 8.42 Å². The fourth-order valence-corrected chi connectivity index (χ4v) is 3.37. The van der Waals surface area contributed by atoms with Crippen LogP contribution in [0.3, 0.4) is 0 Å². The minimum absolute atomic E-state index is 0.288. The molecule has 1 heterocycles. The number of para-hydroxylation sites is 1. The monoisotopic (exact) mass is 247 g/mol. The van der Waals surface area contributed by atoms with Crippen LogP contribution in [0.4, 0.5) is 5.69 Å². The van der Waals surface area contributed by atoms with E-state index in [0.717, 1.165) is 0 Å². The van der Waals surface area contributed by atoms with E-state index in [4.69, 9.17) is 0 Å². The van der Waals surface area contributed by atoms with Crippen LogP contribution >= 0.6 is 0 Å². The van der Waals surface area contributed by atoms with E-state index in [-0.39, 0.29) is 4.91 Å². The molecule has 1 N–H and O–H groups in total. The Hall–Kier alpha value is -1.81. The van der Waals surface area contributed by atoms with Crippen molar-refractivity contribution in [2.45, 2.75) is 11.8 Å². The molecule has 0 radical (unpaired) electrons. The average Bonchev–Trinajstić information content (AvgIpc) is 2.28. The van der Waals surface area contributed by atoms with Crippen molar-refractivity contribution >= 4 is 15.5 Å². The van der Waals surface area contributed by atoms with Crippen molar-refractivity contribution < 1.29 is 8.42 Å². The van der Waals surface area contributed by atoms with Gasteiger partial charge in [0, 0.05) is 5.70 Å². The number of nitrogens with one attached hydrogen (secondary N) is 1. The largest absolute Gasteiger partial charge is 0.357 e. The summed E-state index contributed by atoms with van der Waals surface area (Å²) >= 11 is 0. The van der Waals surface area contributed by atoms with Gasteiger partial charge >= 0.3 is 0 Å². The Morgan fingerprint density at radius 3 is 2.71 bits per heavy atom. The van der Waals surface area contributed by atoms with Crippen molar-refractivity contribution in [2.24, 2.45) is 0 Å². The van der Waals surface area contributed by atoms with Crippen molar-refractivity contribution in [3.05, 3.63) is 59.7 Å². The number of fused-ring (bicyclic) bond motifs is 1. The topological polar surface area (TPSA) is 46.2 Å². The molecule has 1 aromatic carbocycles. The number of hydrogen-bond donors (Lipinski definition) is 1. The van der Waals surface area contributed by atoms with Gasteiger partial charge in [-0.05, 0) is 25.1 Å². The zero-order valence-corrected chi connectivity index (χ0v) is 10.3. The zero-order valence-electron chi connectivity index (χ0n) is 9.47. The molecule has 0 atom stereocenters. The fourth-order valence-electron chi connectivity index (χ4n) is 1.76. The minimum Gasteiger partial charge on any atom is -0.357 e. The number of hydrogen-bond acceptors (Lipinski definition) is 3. The molecule has 0 fully saturated rings. The summed E-state index contributed by atoms with van der Waals surface area (Å²) in [5.41, 5.74) is 1.25. The standard InChI is InChI=1S/C13H13NO2S/c1-3-4-8-12-10(2)14-11-7-5-6-9-13(11)17(12,15)16/h3-9,14H,1H2,2H3/b8-4-. The van der Waals surface area contributed by atoms with Gasteiger partial charge in [0.2, 0.25) is 9.84 Å². The SMILES string of the molecule is C=C/C=C\C1=C(C)Nc2ccccc2S1(=O)=O. The molecule has 1 aliphatic rings. The summed E-state index contributed by atoms with van der Waals surface area (Å²) in [6.07, 6.45) is 4.73. The highest BCUT2D eigenvalue weighted by Crippen LogP contribution is 2.34. The summed E-state index contributed by atoms with van der Waals surface area (Å²) in [5.74, 6) is 0. The molecule has 1 aliphatic heterocycles. The Labute approximate surface area is 101 Å². The highest BCUT2D eigenvalue weighted by Gasteiger charge is 2.28. The van der Waals surface area contributed by atoms with Gasteiger partial charge in [-0.1, -0.05) is 30.9 Å². The van der Waals surface area contributed by atoms with E-state index < -0.39 is 9.84 Å². The van der Waals surface area contributed by atoms with Crippen LogP contribution in [0, 0.1) is 0 Å². The molecule has 1 aromatic rings. The molecule has 4 heteroatoms. The van der Waals surface area contributed by atoms with Crippen LogP contribution < -0.4 is 5.32 Å². The molecule has 0 aromatic heterocycles. The van der Waals surface area contributed by atoms with E-state index in [2.05, 4.69) is 11.9 Å². The van der Waals surface area contributed by atoms with Crippen LogP contribution in [0.5, 0.6) is 0 Å². The minimum atomic E-state index is -3.42. The molecular weight excluding hydrogens is 234 g/mol. The van der Waals surface area contributed by atoms with Crippen LogP contribution in [0.1, 0.15) is 6.92 Å². The lowest BCUT2D eigenvalue weighted by atomic mass is 10.3. The van der Waals surface area contributed by atoms with Gasteiger partial charge in [-0.15, -0.1) is 0 Å². The molecule has 0 bridgehead atoms. The van der Waals surface area contributed by atoms with Gasteiger partial charge in [-0.25, -0.2) is 8.42 Å². The highest BCUT2D eigenvalue weighted by atomic mass is 32.2. The second kappa shape index (κ2) is 4.22. The normalized spacial score (nSPS) is 17.7. The maximum atomic E-state index is 12.3. The first-order valence-electron chi connectivity index (χ1n) is 5.18. The molecule has 0 amide bonds. The molecule has 2 rings (SSSR count). The number of allylic oxidation sites excluding steroid dienone is 4. The lowest BCUT2D eigenvalue weighted by Gasteiger charge is -2.20. The van der Waals surface area contributed by atoms with Gasteiger partial charge in [0.25, 0.3) is 0 Å². The van der Waals surface area contributed by atoms with Crippen LogP contribution in [0.15, 0.2) is 64.6 Å². The summed E-state index contributed by atoms with van der Waals surface area (Å²) in [5, 5.41) is 3.09. The number of anilines is 1. The summed E-state index contributed by atoms with van der Waals surface area (Å²) in [7, 11) is -3.42. The molecule has 0 saturated heterocycles. The molecular formula is C13H13NO2S. The van der Waals surface area contributed by atoms with Gasteiger partial charge in [0.1, 0.15) is 0 Å². The lowest BCUT2D eigenvalue weighted by Crippen LogP contribution is -2.16. The van der Waals surface area contributed by atoms with Crippen LogP contribution in [0.25, 0.3) is 0 Å². The van der Waals surface area contributed by atoms with Gasteiger partial charge in [0.05, 0.1) is 15.5 Å². The second-order valence-electron chi connectivity index (χ2n) is 3.71. The molecule has 0 unspecified atom stereocenters. The van der Waals surface area contributed by atoms with Gasteiger partial charge in [-0.3, -0.25) is 0 Å². The molecule has 88 valence electrons. The smallest absolute Gasteiger partial charge is 0.210 e. The van der Waals surface area contributed by atoms with E-state index >= 15 is 0 Å². The first kappa shape index (κ1) is 11.7. The van der Waals surface area contributed by atoms with Crippen molar-refractivity contribution in [1.82, 2.24) is 0 Å². The Bertz CT molecular complexity index is 625. The fraction of sp³-hybridized carbons (Fsp3) is 0.0769. The molecule has 17 heavy (non-hydrogen) atoms. The Morgan fingerprint density at radius 1 is 1.29 bits per heavy atom. The zero-order chi connectivity index (χ0) is 12.5. The summed E-state index contributed by atoms with van der Waals surface area (Å²) < 4.78 is 24.7. The lowest BCUT2D eigenvalue weighted by molar-refractivity contribution is 0.602. The predicted octanol–water partition coefficient (Wildman–Crippen LogP) is 2.86. The Kier molecular flexibility index (Phi) is 2.90. The third kappa shape index (κ3) is 1.91. The average molecular weight is 247 g/mol. The Morgan fingerprint density at radius 2 is 2.00 bits per heavy atom. The Balaban J connectivity index is 2.65. The second-order valence-corrected chi connectivity index (χ2v) is 5.60. The molecule has 3 nitrogen and oxygen atoms in total. The van der Waals surface area contributed by atoms with Crippen molar-refractivity contribution in [3.8, 4) is 0 Å². The summed E-state index contributed by atoms with van der Waals surface area (Å²) in [6.45, 7) is 5.28. The van der Waals surface area contributed by atoms with Gasteiger partial charge in [-0.2, -0.15) is 0 Å².